The van der Waals surface area contributed by atoms with Crippen molar-refractivity contribution in [2.75, 3.05) is 19.9 Å². The van der Waals surface area contributed by atoms with Gasteiger partial charge in [0.15, 0.2) is 5.17 Å². The largest absolute Gasteiger partial charge is 0.465 e. The van der Waals surface area contributed by atoms with Crippen LogP contribution in [0.4, 0.5) is 9.18 Å². The van der Waals surface area contributed by atoms with Crippen molar-refractivity contribution in [3.05, 3.63) is 34.1 Å². The third-order valence-corrected chi connectivity index (χ3v) is 9.42. The highest BCUT2D eigenvalue weighted by molar-refractivity contribution is 9.10. The van der Waals surface area contributed by atoms with E-state index in [-0.39, 0.29) is 24.4 Å². The van der Waals surface area contributed by atoms with Crippen LogP contribution < -0.4 is 0 Å². The summed E-state index contributed by atoms with van der Waals surface area (Å²) in [4.78, 5) is 17.8. The van der Waals surface area contributed by atoms with Crippen LogP contribution in [0.5, 0.6) is 0 Å². The Morgan fingerprint density at radius 3 is 2.77 bits per heavy atom. The van der Waals surface area contributed by atoms with Crippen molar-refractivity contribution in [3.8, 4) is 0 Å². The summed E-state index contributed by atoms with van der Waals surface area (Å²) in [5.74, 6) is -0.487. The van der Waals surface area contributed by atoms with Gasteiger partial charge >= 0.3 is 6.09 Å². The van der Waals surface area contributed by atoms with E-state index in [0.717, 1.165) is 15.4 Å². The van der Waals surface area contributed by atoms with Gasteiger partial charge in [0, 0.05) is 30.6 Å². The number of aliphatic imine (C=N–C) groups is 1. The number of hydrogen-bond donors (Lipinski definition) is 2. The molecule has 3 rings (SSSR count). The molecule has 10 heteroatoms. The monoisotopic (exact) mass is 518 g/mol. The van der Waals surface area contributed by atoms with E-state index in [9.17, 15) is 19.4 Å². The Morgan fingerprint density at radius 1 is 1.47 bits per heavy atom. The van der Waals surface area contributed by atoms with Crippen LogP contribution in [-0.2, 0) is 10.3 Å². The quantitative estimate of drug-likeness (QED) is 0.303. The molecular formula is C20H28BrFN2O4SSi. The third-order valence-electron chi connectivity index (χ3n) is 5.75. The molecule has 0 radical (unpaired) electrons. The molecule has 30 heavy (non-hydrogen) atoms. The molecule has 1 saturated carbocycles. The Hall–Kier alpha value is -0.943. The number of hydrogen-bond acceptors (Lipinski definition) is 5. The van der Waals surface area contributed by atoms with Crippen molar-refractivity contribution in [1.29, 1.82) is 0 Å². The highest BCUT2D eigenvalue weighted by Crippen LogP contribution is 2.66. The highest BCUT2D eigenvalue weighted by atomic mass is 79.9. The lowest BCUT2D eigenvalue weighted by Crippen LogP contribution is -2.44. The molecule has 2 aliphatic rings. The Morgan fingerprint density at radius 2 is 2.17 bits per heavy atom. The SMILES string of the molecule is C[C@]1(c2cc(Br)ccc2F)N=C(N(COCC[Si](C)(C)C)C(=O)O)S[C@@]2(CO)C[C@H]21. The number of thioether (sulfide) groups is 1. The Labute approximate surface area is 190 Å². The van der Waals surface area contributed by atoms with Gasteiger partial charge in [-0.3, -0.25) is 4.99 Å². The second-order valence-corrected chi connectivity index (χ2v) is 17.2. The van der Waals surface area contributed by atoms with Crippen molar-refractivity contribution in [3.63, 3.8) is 0 Å². The summed E-state index contributed by atoms with van der Waals surface area (Å²) in [6, 6.07) is 5.59. The van der Waals surface area contributed by atoms with E-state index in [1.165, 1.54) is 17.8 Å². The topological polar surface area (TPSA) is 82.4 Å². The van der Waals surface area contributed by atoms with Crippen molar-refractivity contribution in [1.82, 2.24) is 4.90 Å². The molecule has 0 aromatic heterocycles. The summed E-state index contributed by atoms with van der Waals surface area (Å²) >= 11 is 4.64. The second-order valence-electron chi connectivity index (χ2n) is 9.31. The van der Waals surface area contributed by atoms with E-state index < -0.39 is 30.3 Å². The maximum Gasteiger partial charge on any atom is 0.415 e. The van der Waals surface area contributed by atoms with Crippen molar-refractivity contribution >= 4 is 47.0 Å². The van der Waals surface area contributed by atoms with E-state index in [1.807, 2.05) is 6.92 Å². The number of ether oxygens (including phenoxy) is 1. The predicted molar refractivity (Wildman–Crippen MR) is 123 cm³/mol. The number of benzene rings is 1. The van der Waals surface area contributed by atoms with Gasteiger partial charge in [0.25, 0.3) is 0 Å². The maximum atomic E-state index is 14.8. The number of aliphatic hydroxyl groups is 1. The molecule has 0 saturated heterocycles. The van der Waals surface area contributed by atoms with E-state index in [0.29, 0.717) is 18.6 Å². The van der Waals surface area contributed by atoms with Crippen molar-refractivity contribution in [2.45, 2.75) is 49.3 Å². The normalized spacial score (nSPS) is 28.0. The second kappa shape index (κ2) is 8.53. The first-order valence-corrected chi connectivity index (χ1v) is 15.2. The molecule has 0 spiro atoms. The zero-order valence-corrected chi connectivity index (χ0v) is 21.0. The number of halogens is 2. The highest BCUT2D eigenvalue weighted by Gasteiger charge is 2.67. The summed E-state index contributed by atoms with van der Waals surface area (Å²) in [5.41, 5.74) is -0.594. The average molecular weight is 520 g/mol. The van der Waals surface area contributed by atoms with Gasteiger partial charge in [-0.15, -0.1) is 0 Å². The van der Waals surface area contributed by atoms with Crippen LogP contribution in [0, 0.1) is 11.7 Å². The summed E-state index contributed by atoms with van der Waals surface area (Å²) in [6.07, 6.45) is -0.549. The molecule has 1 amide bonds. The number of nitrogens with zero attached hydrogens (tertiary/aromatic N) is 2. The minimum absolute atomic E-state index is 0.0870. The molecule has 1 heterocycles. The molecule has 166 valence electrons. The lowest BCUT2D eigenvalue weighted by Gasteiger charge is -2.36. The first-order chi connectivity index (χ1) is 13.9. The molecule has 1 aliphatic heterocycles. The van der Waals surface area contributed by atoms with Crippen LogP contribution in [0.25, 0.3) is 0 Å². The zero-order chi connectivity index (χ0) is 22.3. The van der Waals surface area contributed by atoms with Crippen LogP contribution in [-0.4, -0.2) is 59.1 Å². The van der Waals surface area contributed by atoms with E-state index in [4.69, 9.17) is 9.73 Å². The fourth-order valence-corrected chi connectivity index (χ4v) is 6.42. The Bertz CT molecular complexity index is 868. The first kappa shape index (κ1) is 23.7. The van der Waals surface area contributed by atoms with Crippen molar-refractivity contribution < 1.29 is 24.1 Å². The van der Waals surface area contributed by atoms with E-state index in [2.05, 4.69) is 35.6 Å². The molecule has 1 aromatic carbocycles. The van der Waals surface area contributed by atoms with Gasteiger partial charge in [0.2, 0.25) is 0 Å². The van der Waals surface area contributed by atoms with Crippen LogP contribution in [0.2, 0.25) is 25.7 Å². The number of carboxylic acid groups (broad SMARTS) is 1. The molecule has 1 aromatic rings. The van der Waals surface area contributed by atoms with Gasteiger partial charge in [0.05, 0.1) is 16.9 Å². The number of aliphatic hydroxyl groups excluding tert-OH is 1. The standard InChI is InChI=1S/C20H28BrFN2O4SSi/c1-19(14-9-13(21)5-6-15(14)22)16-10-20(16,11-25)29-17(23-19)24(18(26)27)12-28-7-8-30(2,3)4/h5-6,9,16,25H,7-8,10-12H2,1-4H3,(H,26,27)/t16-,19+,20+/m0/s1. The van der Waals surface area contributed by atoms with Gasteiger partial charge in [-0.05, 0) is 37.6 Å². The van der Waals surface area contributed by atoms with Gasteiger partial charge in [-0.2, -0.15) is 0 Å². The van der Waals surface area contributed by atoms with Gasteiger partial charge in [-0.25, -0.2) is 14.1 Å². The van der Waals surface area contributed by atoms with Gasteiger partial charge < -0.3 is 14.9 Å². The van der Waals surface area contributed by atoms with Crippen LogP contribution >= 0.6 is 27.7 Å². The number of carbonyl (C=O) groups is 1. The lowest BCUT2D eigenvalue weighted by atomic mass is 9.86. The molecule has 1 fully saturated rings. The minimum atomic E-state index is -1.30. The van der Waals surface area contributed by atoms with E-state index in [1.54, 1.807) is 12.1 Å². The average Bonchev–Trinajstić information content (AvgIpc) is 3.38. The fraction of sp³-hybridized carbons (Fsp3) is 0.600. The number of rotatable bonds is 7. The van der Waals surface area contributed by atoms with E-state index >= 15 is 0 Å². The predicted octanol–water partition coefficient (Wildman–Crippen LogP) is 4.95. The molecule has 2 N–H and O–H groups in total. The number of fused-ring (bicyclic) bond motifs is 1. The summed E-state index contributed by atoms with van der Waals surface area (Å²) in [5, 5.41) is 20.1. The van der Waals surface area contributed by atoms with Crippen molar-refractivity contribution in [2.24, 2.45) is 10.9 Å². The summed E-state index contributed by atoms with van der Waals surface area (Å²) in [6.45, 7) is 8.69. The van der Waals surface area contributed by atoms with Gasteiger partial charge in [-0.1, -0.05) is 47.3 Å². The maximum absolute atomic E-state index is 14.8. The minimum Gasteiger partial charge on any atom is -0.465 e. The molecule has 6 nitrogen and oxygen atoms in total. The lowest BCUT2D eigenvalue weighted by molar-refractivity contribution is 0.0701. The zero-order valence-electron chi connectivity index (χ0n) is 17.6. The molecule has 3 atom stereocenters. The molecule has 1 aliphatic carbocycles. The fourth-order valence-electron chi connectivity index (χ4n) is 3.77. The first-order valence-electron chi connectivity index (χ1n) is 9.85. The van der Waals surface area contributed by atoms with Crippen LogP contribution in [0.1, 0.15) is 18.9 Å². The molecular weight excluding hydrogens is 491 g/mol. The number of amidine groups is 1. The Balaban J connectivity index is 1.92. The summed E-state index contributed by atoms with van der Waals surface area (Å²) < 4.78 is 20.6. The summed E-state index contributed by atoms with van der Waals surface area (Å²) in [7, 11) is -1.30. The molecule has 0 unspecified atom stereocenters. The Kier molecular flexibility index (Phi) is 6.75. The smallest absolute Gasteiger partial charge is 0.415 e. The van der Waals surface area contributed by atoms with Crippen LogP contribution in [0.3, 0.4) is 0 Å². The third kappa shape index (κ3) is 4.77. The van der Waals surface area contributed by atoms with Gasteiger partial charge in [0.1, 0.15) is 12.5 Å². The molecule has 0 bridgehead atoms. The van der Waals surface area contributed by atoms with Crippen LogP contribution in [0.15, 0.2) is 27.7 Å². The number of amides is 1.